The van der Waals surface area contributed by atoms with Crippen molar-refractivity contribution in [3.63, 3.8) is 0 Å². The zero-order valence-electron chi connectivity index (χ0n) is 9.84. The normalized spacial score (nSPS) is 14.6. The summed E-state index contributed by atoms with van der Waals surface area (Å²) < 4.78 is 0. The lowest BCUT2D eigenvalue weighted by atomic mass is 10.3. The van der Waals surface area contributed by atoms with Crippen LogP contribution in [-0.4, -0.2) is 38.0 Å². The topological polar surface area (TPSA) is 70.2 Å². The Morgan fingerprint density at radius 3 is 2.50 bits per heavy atom. The minimum absolute atomic E-state index is 0.0227. The van der Waals surface area contributed by atoms with Gasteiger partial charge in [-0.25, -0.2) is 0 Å². The van der Waals surface area contributed by atoms with Crippen LogP contribution < -0.4 is 16.0 Å². The van der Waals surface area contributed by atoms with Crippen LogP contribution in [-0.2, 0) is 9.59 Å². The third-order valence-electron chi connectivity index (χ3n) is 2.45. The minimum Gasteiger partial charge on any atom is -0.356 e. The smallest absolute Gasteiger partial charge is 0.221 e. The lowest BCUT2D eigenvalue weighted by Crippen LogP contribution is -2.31. The van der Waals surface area contributed by atoms with E-state index in [1.165, 1.54) is 0 Å². The molecule has 0 spiro atoms. The maximum Gasteiger partial charge on any atom is 0.221 e. The monoisotopic (exact) mass is 227 g/mol. The van der Waals surface area contributed by atoms with E-state index in [2.05, 4.69) is 16.0 Å². The van der Waals surface area contributed by atoms with Gasteiger partial charge in [0.2, 0.25) is 11.8 Å². The number of hydrogen-bond acceptors (Lipinski definition) is 3. The van der Waals surface area contributed by atoms with E-state index < -0.39 is 0 Å². The first kappa shape index (κ1) is 13.0. The minimum atomic E-state index is 0.0227. The van der Waals surface area contributed by atoms with E-state index in [0.717, 1.165) is 25.8 Å². The molecule has 5 nitrogen and oxygen atoms in total. The first-order valence-electron chi connectivity index (χ1n) is 5.93. The van der Waals surface area contributed by atoms with Crippen molar-refractivity contribution in [2.24, 2.45) is 0 Å². The predicted molar refractivity (Wildman–Crippen MR) is 62.0 cm³/mol. The molecule has 0 aromatic rings. The molecule has 1 aliphatic rings. The summed E-state index contributed by atoms with van der Waals surface area (Å²) in [5.41, 5.74) is 0. The van der Waals surface area contributed by atoms with E-state index in [0.29, 0.717) is 25.4 Å². The van der Waals surface area contributed by atoms with E-state index in [1.54, 1.807) is 0 Å². The molecule has 0 atom stereocenters. The van der Waals surface area contributed by atoms with Crippen LogP contribution in [0, 0.1) is 0 Å². The predicted octanol–water partition coefficient (Wildman–Crippen LogP) is -0.229. The highest BCUT2D eigenvalue weighted by atomic mass is 16.2. The molecule has 3 N–H and O–H groups in total. The van der Waals surface area contributed by atoms with Crippen LogP contribution in [0.15, 0.2) is 0 Å². The summed E-state index contributed by atoms with van der Waals surface area (Å²) in [5, 5.41) is 8.60. The van der Waals surface area contributed by atoms with Crippen LogP contribution in [0.3, 0.4) is 0 Å². The van der Waals surface area contributed by atoms with Crippen molar-refractivity contribution in [1.29, 1.82) is 0 Å². The molecule has 1 fully saturated rings. The van der Waals surface area contributed by atoms with Crippen molar-refractivity contribution in [1.82, 2.24) is 16.0 Å². The van der Waals surface area contributed by atoms with Gasteiger partial charge in [-0.1, -0.05) is 0 Å². The number of carbonyl (C=O) groups excluding carboxylic acids is 2. The second kappa shape index (κ2) is 7.22. The number of hydrogen-bond donors (Lipinski definition) is 3. The molecule has 0 saturated heterocycles. The fourth-order valence-corrected chi connectivity index (χ4v) is 1.36. The molecule has 0 heterocycles. The maximum atomic E-state index is 11.3. The lowest BCUT2D eigenvalue weighted by Gasteiger charge is -2.05. The summed E-state index contributed by atoms with van der Waals surface area (Å²) in [7, 11) is 1.86. The van der Waals surface area contributed by atoms with Crippen LogP contribution in [0.1, 0.15) is 32.1 Å². The zero-order valence-corrected chi connectivity index (χ0v) is 9.84. The Labute approximate surface area is 96.4 Å². The number of amides is 2. The highest BCUT2D eigenvalue weighted by Gasteiger charge is 2.22. The summed E-state index contributed by atoms with van der Waals surface area (Å²) in [6.07, 6.45) is 3.93. The highest BCUT2D eigenvalue weighted by Crippen LogP contribution is 2.18. The van der Waals surface area contributed by atoms with E-state index in [-0.39, 0.29) is 11.8 Å². The van der Waals surface area contributed by atoms with Crippen molar-refractivity contribution >= 4 is 11.8 Å². The van der Waals surface area contributed by atoms with Gasteiger partial charge in [-0.05, 0) is 32.9 Å². The Hall–Kier alpha value is -1.10. The van der Waals surface area contributed by atoms with Crippen LogP contribution in [0.5, 0.6) is 0 Å². The quantitative estimate of drug-likeness (QED) is 0.502. The summed E-state index contributed by atoms with van der Waals surface area (Å²) in [6, 6.07) is 0.402. The molecule has 2 amide bonds. The summed E-state index contributed by atoms with van der Waals surface area (Å²) >= 11 is 0. The highest BCUT2D eigenvalue weighted by molar-refractivity contribution is 5.79. The average Bonchev–Trinajstić information content (AvgIpc) is 3.02. The fourth-order valence-electron chi connectivity index (χ4n) is 1.36. The van der Waals surface area contributed by atoms with Gasteiger partial charge in [0.05, 0.1) is 0 Å². The average molecular weight is 227 g/mol. The van der Waals surface area contributed by atoms with Gasteiger partial charge in [0.15, 0.2) is 0 Å². The number of nitrogens with one attached hydrogen (secondary N) is 3. The summed E-state index contributed by atoms with van der Waals surface area (Å²) in [4.78, 5) is 22.5. The molecule has 92 valence electrons. The SMILES string of the molecule is CNCCCC(=O)NCCC(=O)NC1CC1. The lowest BCUT2D eigenvalue weighted by molar-refractivity contribution is -0.122. The Morgan fingerprint density at radius 2 is 1.88 bits per heavy atom. The Bertz CT molecular complexity index is 239. The molecule has 0 aromatic heterocycles. The Kier molecular flexibility index (Phi) is 5.85. The van der Waals surface area contributed by atoms with Gasteiger partial charge in [-0.3, -0.25) is 9.59 Å². The summed E-state index contributed by atoms with van der Waals surface area (Å²) in [5.74, 6) is 0.0625. The van der Waals surface area contributed by atoms with Gasteiger partial charge in [-0.2, -0.15) is 0 Å². The fraction of sp³-hybridized carbons (Fsp3) is 0.818. The van der Waals surface area contributed by atoms with Crippen molar-refractivity contribution in [2.75, 3.05) is 20.1 Å². The molecule has 0 aliphatic heterocycles. The Balaban J connectivity index is 1.92. The summed E-state index contributed by atoms with van der Waals surface area (Å²) in [6.45, 7) is 1.28. The van der Waals surface area contributed by atoms with Gasteiger partial charge < -0.3 is 16.0 Å². The van der Waals surface area contributed by atoms with Crippen molar-refractivity contribution in [2.45, 2.75) is 38.1 Å². The van der Waals surface area contributed by atoms with E-state index in [1.807, 2.05) is 7.05 Å². The molecule has 0 radical (unpaired) electrons. The molecular formula is C11H21N3O2. The second-order valence-electron chi connectivity index (χ2n) is 4.15. The Morgan fingerprint density at radius 1 is 1.12 bits per heavy atom. The molecule has 16 heavy (non-hydrogen) atoms. The van der Waals surface area contributed by atoms with E-state index in [4.69, 9.17) is 0 Å². The van der Waals surface area contributed by atoms with Crippen molar-refractivity contribution < 1.29 is 9.59 Å². The van der Waals surface area contributed by atoms with Gasteiger partial charge in [0.25, 0.3) is 0 Å². The van der Waals surface area contributed by atoms with Crippen molar-refractivity contribution in [3.05, 3.63) is 0 Å². The zero-order chi connectivity index (χ0) is 11.8. The molecule has 1 saturated carbocycles. The number of rotatable bonds is 8. The maximum absolute atomic E-state index is 11.3. The van der Waals surface area contributed by atoms with Gasteiger partial charge in [0, 0.05) is 25.4 Å². The van der Waals surface area contributed by atoms with Crippen LogP contribution in [0.25, 0.3) is 0 Å². The van der Waals surface area contributed by atoms with Crippen molar-refractivity contribution in [3.8, 4) is 0 Å². The molecule has 1 aliphatic carbocycles. The molecule has 1 rings (SSSR count). The molecule has 5 heteroatoms. The second-order valence-corrected chi connectivity index (χ2v) is 4.15. The van der Waals surface area contributed by atoms with Gasteiger partial charge in [0.1, 0.15) is 0 Å². The van der Waals surface area contributed by atoms with E-state index >= 15 is 0 Å². The molecule has 0 bridgehead atoms. The first-order valence-corrected chi connectivity index (χ1v) is 5.93. The largest absolute Gasteiger partial charge is 0.356 e. The first-order chi connectivity index (χ1) is 7.72. The van der Waals surface area contributed by atoms with Crippen LogP contribution in [0.2, 0.25) is 0 Å². The molecule has 0 unspecified atom stereocenters. The third-order valence-corrected chi connectivity index (χ3v) is 2.45. The third kappa shape index (κ3) is 6.40. The van der Waals surface area contributed by atoms with Gasteiger partial charge >= 0.3 is 0 Å². The van der Waals surface area contributed by atoms with E-state index in [9.17, 15) is 9.59 Å². The standard InChI is InChI=1S/C11H21N3O2/c1-12-7-2-3-10(15)13-8-6-11(16)14-9-4-5-9/h9,12H,2-8H2,1H3,(H,13,15)(H,14,16). The van der Waals surface area contributed by atoms with Crippen LogP contribution >= 0.6 is 0 Å². The van der Waals surface area contributed by atoms with Gasteiger partial charge in [-0.15, -0.1) is 0 Å². The molecule has 0 aromatic carbocycles. The number of carbonyl (C=O) groups is 2. The van der Waals surface area contributed by atoms with Crippen LogP contribution in [0.4, 0.5) is 0 Å². The molecular weight excluding hydrogens is 206 g/mol.